The fourth-order valence-corrected chi connectivity index (χ4v) is 3.99. The number of hydrogen-bond acceptors (Lipinski definition) is 5. The Morgan fingerprint density at radius 2 is 2.10 bits per heavy atom. The van der Waals surface area contributed by atoms with Crippen LogP contribution in [0.3, 0.4) is 0 Å². The van der Waals surface area contributed by atoms with Crippen molar-refractivity contribution in [1.82, 2.24) is 9.97 Å². The molecule has 3 aromatic rings. The lowest BCUT2D eigenvalue weighted by atomic mass is 9.98. The molecule has 2 heterocycles. The van der Waals surface area contributed by atoms with Crippen LogP contribution in [0.1, 0.15) is 53.2 Å². The molecule has 0 bridgehead atoms. The predicted octanol–water partition coefficient (Wildman–Crippen LogP) is 5.37. The smallest absolute Gasteiger partial charge is 0.338 e. The van der Waals surface area contributed by atoms with Crippen LogP contribution < -0.4 is 0 Å². The molecule has 0 atom stereocenters. The Morgan fingerprint density at radius 3 is 2.77 bits per heavy atom. The van der Waals surface area contributed by atoms with Gasteiger partial charge in [-0.1, -0.05) is 25.5 Å². The number of imidazole rings is 1. The maximum atomic E-state index is 12.1. The minimum atomic E-state index is -0.952. The molecule has 3 rings (SSSR count). The summed E-state index contributed by atoms with van der Waals surface area (Å²) in [4.78, 5) is 32.5. The quantitative estimate of drug-likeness (QED) is 0.328. The topological polar surface area (TPSA) is 92.3 Å². The summed E-state index contributed by atoms with van der Waals surface area (Å²) in [5.74, 6) is -0.643. The van der Waals surface area contributed by atoms with Gasteiger partial charge in [-0.05, 0) is 55.0 Å². The molecule has 7 heteroatoms. The number of nitrogens with zero attached hydrogens (tertiary/aromatic N) is 1. The summed E-state index contributed by atoms with van der Waals surface area (Å²) in [5, 5.41) is 11.5. The Kier molecular flexibility index (Phi) is 7.78. The molecule has 0 amide bonds. The van der Waals surface area contributed by atoms with E-state index < -0.39 is 5.97 Å². The van der Waals surface area contributed by atoms with E-state index in [0.717, 1.165) is 35.3 Å². The summed E-state index contributed by atoms with van der Waals surface area (Å²) >= 11 is 1.53. The monoisotopic (exact) mass is 438 g/mol. The first-order valence-electron chi connectivity index (χ1n) is 10.3. The molecule has 0 aliphatic heterocycles. The number of thiophene rings is 1. The minimum Gasteiger partial charge on any atom is -0.478 e. The molecule has 0 radical (unpaired) electrons. The number of H-pyrrole nitrogens is 1. The maximum absolute atomic E-state index is 12.1. The van der Waals surface area contributed by atoms with Crippen molar-refractivity contribution < 1.29 is 19.4 Å². The number of esters is 1. The lowest BCUT2D eigenvalue weighted by Crippen LogP contribution is -2.06. The number of rotatable bonds is 10. The Hall–Kier alpha value is -3.19. The molecule has 0 fully saturated rings. The third-order valence-corrected chi connectivity index (χ3v) is 5.69. The highest BCUT2D eigenvalue weighted by Gasteiger charge is 2.15. The Balaban J connectivity index is 1.91. The van der Waals surface area contributed by atoms with E-state index in [0.29, 0.717) is 35.7 Å². The summed E-state index contributed by atoms with van der Waals surface area (Å²) in [6.07, 6.45) is 6.44. The van der Waals surface area contributed by atoms with Gasteiger partial charge in [0.05, 0.1) is 24.1 Å². The number of carboxylic acids is 1. The average molecular weight is 439 g/mol. The van der Waals surface area contributed by atoms with Crippen molar-refractivity contribution in [1.29, 1.82) is 0 Å². The molecule has 31 heavy (non-hydrogen) atoms. The number of hydrogen-bond donors (Lipinski definition) is 2. The molecule has 2 N–H and O–H groups in total. The molecular formula is C24H26N2O4S. The minimum absolute atomic E-state index is 0.293. The van der Waals surface area contributed by atoms with Gasteiger partial charge in [-0.2, -0.15) is 0 Å². The van der Waals surface area contributed by atoms with Gasteiger partial charge in [0.15, 0.2) is 0 Å². The first-order valence-corrected chi connectivity index (χ1v) is 11.2. The number of aliphatic carboxylic acids is 1. The SMILES string of the molecule is CCCCc1cc(C(=O)OCC)ccc1-c1ncc(/C=C(\Cc2cccs2)C(=O)O)[nH]1. The number of benzene rings is 1. The molecule has 2 aromatic heterocycles. The van der Waals surface area contributed by atoms with Crippen molar-refractivity contribution in [2.24, 2.45) is 0 Å². The molecule has 1 aromatic carbocycles. The highest BCUT2D eigenvalue weighted by molar-refractivity contribution is 7.09. The van der Waals surface area contributed by atoms with Gasteiger partial charge in [0, 0.05) is 22.4 Å². The van der Waals surface area contributed by atoms with E-state index >= 15 is 0 Å². The van der Waals surface area contributed by atoms with Crippen molar-refractivity contribution in [3.8, 4) is 11.4 Å². The fourth-order valence-electron chi connectivity index (χ4n) is 3.26. The van der Waals surface area contributed by atoms with Crippen molar-refractivity contribution in [2.75, 3.05) is 6.61 Å². The highest BCUT2D eigenvalue weighted by atomic mass is 32.1. The van der Waals surface area contributed by atoms with E-state index in [9.17, 15) is 14.7 Å². The normalized spacial score (nSPS) is 11.5. The second-order valence-electron chi connectivity index (χ2n) is 7.11. The average Bonchev–Trinajstić information content (AvgIpc) is 3.44. The number of aromatic nitrogens is 2. The standard InChI is InChI=1S/C24H26N2O4S/c1-3-5-7-16-12-17(24(29)30-4-2)9-10-21(16)22-25-15-19(26-22)13-18(23(27)28)14-20-8-6-11-31-20/h6,8-13,15H,3-5,7,14H2,1-2H3,(H,25,26)(H,27,28)/b18-13+. The number of nitrogens with one attached hydrogen (secondary N) is 1. The summed E-state index contributed by atoms with van der Waals surface area (Å²) in [6, 6.07) is 9.30. The second-order valence-corrected chi connectivity index (χ2v) is 8.15. The van der Waals surface area contributed by atoms with Crippen LogP contribution in [0.5, 0.6) is 0 Å². The number of aryl methyl sites for hydroxylation is 1. The van der Waals surface area contributed by atoms with Crippen LogP contribution in [0.25, 0.3) is 17.5 Å². The second kappa shape index (κ2) is 10.7. The Bertz CT molecular complexity index is 1070. The fraction of sp³-hybridized carbons (Fsp3) is 0.292. The van der Waals surface area contributed by atoms with E-state index in [1.807, 2.05) is 29.6 Å². The van der Waals surface area contributed by atoms with Crippen molar-refractivity contribution >= 4 is 29.4 Å². The van der Waals surface area contributed by atoms with Crippen LogP contribution in [0.2, 0.25) is 0 Å². The largest absolute Gasteiger partial charge is 0.478 e. The van der Waals surface area contributed by atoms with Gasteiger partial charge in [0.1, 0.15) is 5.82 Å². The first kappa shape index (κ1) is 22.5. The van der Waals surface area contributed by atoms with Crippen LogP contribution in [-0.4, -0.2) is 33.6 Å². The van der Waals surface area contributed by atoms with E-state index in [1.165, 1.54) is 11.3 Å². The number of aromatic amines is 1. The van der Waals surface area contributed by atoms with E-state index in [2.05, 4.69) is 16.9 Å². The molecule has 0 unspecified atom stereocenters. The van der Waals surface area contributed by atoms with Gasteiger partial charge in [0.2, 0.25) is 0 Å². The van der Waals surface area contributed by atoms with Crippen LogP contribution in [0, 0.1) is 0 Å². The lowest BCUT2D eigenvalue weighted by molar-refractivity contribution is -0.132. The molecule has 162 valence electrons. The zero-order valence-corrected chi connectivity index (χ0v) is 18.5. The summed E-state index contributed by atoms with van der Waals surface area (Å²) in [7, 11) is 0. The zero-order chi connectivity index (χ0) is 22.2. The van der Waals surface area contributed by atoms with Crippen LogP contribution in [0.4, 0.5) is 0 Å². The van der Waals surface area contributed by atoms with E-state index in [1.54, 1.807) is 25.3 Å². The van der Waals surface area contributed by atoms with Gasteiger partial charge < -0.3 is 14.8 Å². The van der Waals surface area contributed by atoms with E-state index in [-0.39, 0.29) is 5.97 Å². The summed E-state index contributed by atoms with van der Waals surface area (Å²) < 4.78 is 5.12. The third-order valence-electron chi connectivity index (χ3n) is 4.82. The Labute approximate surface area is 185 Å². The molecule has 0 aliphatic rings. The predicted molar refractivity (Wildman–Crippen MR) is 122 cm³/mol. The third kappa shape index (κ3) is 5.92. The van der Waals surface area contributed by atoms with Crippen LogP contribution >= 0.6 is 11.3 Å². The number of ether oxygens (including phenoxy) is 1. The summed E-state index contributed by atoms with van der Waals surface area (Å²) in [6.45, 7) is 4.23. The van der Waals surface area contributed by atoms with Crippen LogP contribution in [0.15, 0.2) is 47.5 Å². The molecule has 6 nitrogen and oxygen atoms in total. The number of carbonyl (C=O) groups is 2. The number of carboxylic acid groups (broad SMARTS) is 1. The first-order chi connectivity index (χ1) is 15.0. The van der Waals surface area contributed by atoms with Crippen molar-refractivity contribution in [3.63, 3.8) is 0 Å². The van der Waals surface area contributed by atoms with Gasteiger partial charge in [-0.15, -0.1) is 11.3 Å². The van der Waals surface area contributed by atoms with Crippen LogP contribution in [-0.2, 0) is 22.4 Å². The van der Waals surface area contributed by atoms with Gasteiger partial charge in [-0.3, -0.25) is 0 Å². The molecule has 0 spiro atoms. The van der Waals surface area contributed by atoms with Gasteiger partial charge in [0.25, 0.3) is 0 Å². The molecule has 0 saturated heterocycles. The van der Waals surface area contributed by atoms with Crippen molar-refractivity contribution in [2.45, 2.75) is 39.5 Å². The molecule has 0 saturated carbocycles. The Morgan fingerprint density at radius 1 is 1.26 bits per heavy atom. The molecule has 0 aliphatic carbocycles. The maximum Gasteiger partial charge on any atom is 0.338 e. The highest BCUT2D eigenvalue weighted by Crippen LogP contribution is 2.25. The van der Waals surface area contributed by atoms with Crippen molar-refractivity contribution in [3.05, 3.63) is 69.2 Å². The summed E-state index contributed by atoms with van der Waals surface area (Å²) in [5.41, 5.74) is 3.35. The molecular weight excluding hydrogens is 412 g/mol. The van der Waals surface area contributed by atoms with E-state index in [4.69, 9.17) is 4.74 Å². The lowest BCUT2D eigenvalue weighted by Gasteiger charge is -2.10. The van der Waals surface area contributed by atoms with Gasteiger partial charge >= 0.3 is 11.9 Å². The van der Waals surface area contributed by atoms with Gasteiger partial charge in [-0.25, -0.2) is 14.6 Å². The number of unbranched alkanes of at least 4 members (excludes halogenated alkanes) is 1. The zero-order valence-electron chi connectivity index (χ0n) is 17.7. The number of carbonyl (C=O) groups excluding carboxylic acids is 1.